The number of hydrogen-bond acceptors (Lipinski definition) is 3. The van der Waals surface area contributed by atoms with E-state index in [-0.39, 0.29) is 12.1 Å². The lowest BCUT2D eigenvalue weighted by molar-refractivity contribution is 0.160. The highest BCUT2D eigenvalue weighted by molar-refractivity contribution is 5.93. The molecule has 128 valence electrons. The van der Waals surface area contributed by atoms with Crippen LogP contribution in [-0.2, 0) is 0 Å². The number of benzene rings is 1. The maximum absolute atomic E-state index is 12.9. The van der Waals surface area contributed by atoms with Crippen LogP contribution in [-0.4, -0.2) is 41.0 Å². The van der Waals surface area contributed by atoms with Gasteiger partial charge < -0.3 is 20.1 Å². The smallest absolute Gasteiger partial charge is 0.322 e. The maximum atomic E-state index is 12.9. The minimum Gasteiger partial charge on any atom is -0.373 e. The number of nitrogens with one attached hydrogen (secondary N) is 2. The SMILES string of the molecule is CCN(C)c1ccccc1NC(=O)N1CCCC[C@H]1c1ncc[nH]1. The number of piperidine rings is 1. The van der Waals surface area contributed by atoms with Crippen molar-refractivity contribution in [2.45, 2.75) is 32.2 Å². The second-order valence-electron chi connectivity index (χ2n) is 6.14. The lowest BCUT2D eigenvalue weighted by atomic mass is 10.0. The summed E-state index contributed by atoms with van der Waals surface area (Å²) in [5, 5.41) is 3.09. The Bertz CT molecular complexity index is 670. The largest absolute Gasteiger partial charge is 0.373 e. The molecule has 0 unspecified atom stereocenters. The fourth-order valence-corrected chi connectivity index (χ4v) is 3.19. The van der Waals surface area contributed by atoms with Crippen molar-refractivity contribution >= 4 is 17.4 Å². The Morgan fingerprint density at radius 2 is 2.25 bits per heavy atom. The van der Waals surface area contributed by atoms with Gasteiger partial charge in [-0.1, -0.05) is 12.1 Å². The summed E-state index contributed by atoms with van der Waals surface area (Å²) in [6, 6.07) is 7.87. The van der Waals surface area contributed by atoms with Crippen LogP contribution < -0.4 is 10.2 Å². The Morgan fingerprint density at radius 3 is 3.00 bits per heavy atom. The van der Waals surface area contributed by atoms with E-state index in [0.717, 1.165) is 49.6 Å². The minimum atomic E-state index is -0.0620. The van der Waals surface area contributed by atoms with Crippen LogP contribution in [0.3, 0.4) is 0 Å². The van der Waals surface area contributed by atoms with Crippen molar-refractivity contribution in [3.8, 4) is 0 Å². The number of carbonyl (C=O) groups excluding carboxylic acids is 1. The van der Waals surface area contributed by atoms with E-state index >= 15 is 0 Å². The first-order chi connectivity index (χ1) is 11.7. The zero-order chi connectivity index (χ0) is 16.9. The first kappa shape index (κ1) is 16.4. The van der Waals surface area contributed by atoms with E-state index in [2.05, 4.69) is 27.1 Å². The van der Waals surface area contributed by atoms with E-state index in [9.17, 15) is 4.79 Å². The van der Waals surface area contributed by atoms with Gasteiger partial charge in [-0.15, -0.1) is 0 Å². The molecule has 1 aliphatic heterocycles. The van der Waals surface area contributed by atoms with E-state index in [1.54, 1.807) is 6.20 Å². The summed E-state index contributed by atoms with van der Waals surface area (Å²) in [4.78, 5) is 24.4. The molecule has 6 nitrogen and oxygen atoms in total. The normalized spacial score (nSPS) is 17.6. The molecule has 0 spiro atoms. The maximum Gasteiger partial charge on any atom is 0.322 e. The number of carbonyl (C=O) groups is 1. The van der Waals surface area contributed by atoms with Gasteiger partial charge in [0.1, 0.15) is 5.82 Å². The molecule has 0 radical (unpaired) electrons. The number of hydrogen-bond donors (Lipinski definition) is 2. The molecular weight excluding hydrogens is 302 g/mol. The highest BCUT2D eigenvalue weighted by Crippen LogP contribution is 2.31. The molecule has 3 rings (SSSR count). The predicted molar refractivity (Wildman–Crippen MR) is 96.3 cm³/mol. The van der Waals surface area contributed by atoms with Gasteiger partial charge in [-0.2, -0.15) is 0 Å². The standard InChI is InChI=1S/C18H25N5O/c1-3-22(2)15-9-5-4-8-14(15)21-18(24)23-13-7-6-10-16(23)17-19-11-12-20-17/h4-5,8-9,11-12,16H,3,6-7,10,13H2,1-2H3,(H,19,20)(H,21,24)/t16-/m0/s1. The molecule has 24 heavy (non-hydrogen) atoms. The van der Waals surface area contributed by atoms with Gasteiger partial charge in [0, 0.05) is 32.5 Å². The third kappa shape index (κ3) is 3.37. The van der Waals surface area contributed by atoms with Crippen LogP contribution in [0.15, 0.2) is 36.7 Å². The average molecular weight is 327 g/mol. The number of anilines is 2. The summed E-state index contributed by atoms with van der Waals surface area (Å²) in [5.74, 6) is 0.865. The van der Waals surface area contributed by atoms with Crippen LogP contribution in [0.1, 0.15) is 38.1 Å². The first-order valence-corrected chi connectivity index (χ1v) is 8.57. The van der Waals surface area contributed by atoms with Crippen molar-refractivity contribution in [2.24, 2.45) is 0 Å². The predicted octanol–water partition coefficient (Wildman–Crippen LogP) is 3.62. The zero-order valence-electron chi connectivity index (χ0n) is 14.3. The number of rotatable bonds is 4. The molecule has 1 fully saturated rings. The summed E-state index contributed by atoms with van der Waals surface area (Å²) in [7, 11) is 2.03. The monoisotopic (exact) mass is 327 g/mol. The Balaban J connectivity index is 1.79. The highest BCUT2D eigenvalue weighted by Gasteiger charge is 2.30. The quantitative estimate of drug-likeness (QED) is 0.901. The van der Waals surface area contributed by atoms with Gasteiger partial charge in [0.25, 0.3) is 0 Å². The van der Waals surface area contributed by atoms with Gasteiger partial charge in [-0.05, 0) is 38.3 Å². The van der Waals surface area contributed by atoms with Crippen LogP contribution in [0.25, 0.3) is 0 Å². The molecule has 2 aromatic rings. The Kier molecular flexibility index (Phi) is 5.03. The lowest BCUT2D eigenvalue weighted by Gasteiger charge is -2.35. The van der Waals surface area contributed by atoms with E-state index in [4.69, 9.17) is 0 Å². The summed E-state index contributed by atoms with van der Waals surface area (Å²) < 4.78 is 0. The summed E-state index contributed by atoms with van der Waals surface area (Å²) >= 11 is 0. The van der Waals surface area contributed by atoms with Crippen molar-refractivity contribution in [2.75, 3.05) is 30.4 Å². The number of H-pyrrole nitrogens is 1. The molecule has 0 saturated carbocycles. The van der Waals surface area contributed by atoms with Crippen molar-refractivity contribution in [3.05, 3.63) is 42.5 Å². The van der Waals surface area contributed by atoms with Crippen LogP contribution in [0.5, 0.6) is 0 Å². The molecule has 2 heterocycles. The van der Waals surface area contributed by atoms with Gasteiger partial charge in [-0.25, -0.2) is 9.78 Å². The van der Waals surface area contributed by atoms with E-state index in [0.29, 0.717) is 0 Å². The molecule has 2 amide bonds. The topological polar surface area (TPSA) is 64.3 Å². The number of amides is 2. The van der Waals surface area contributed by atoms with E-state index in [1.807, 2.05) is 42.4 Å². The number of urea groups is 1. The Labute approximate surface area is 142 Å². The molecule has 2 N–H and O–H groups in total. The molecular formula is C18H25N5O. The van der Waals surface area contributed by atoms with Gasteiger partial charge >= 0.3 is 6.03 Å². The third-order valence-corrected chi connectivity index (χ3v) is 4.63. The fourth-order valence-electron chi connectivity index (χ4n) is 3.19. The minimum absolute atomic E-state index is 0.0183. The second kappa shape index (κ2) is 7.38. The molecule has 6 heteroatoms. The lowest BCUT2D eigenvalue weighted by Crippen LogP contribution is -2.41. The third-order valence-electron chi connectivity index (χ3n) is 4.63. The number of para-hydroxylation sites is 2. The molecule has 0 aliphatic carbocycles. The zero-order valence-corrected chi connectivity index (χ0v) is 14.3. The van der Waals surface area contributed by atoms with Gasteiger partial charge in [0.05, 0.1) is 17.4 Å². The second-order valence-corrected chi connectivity index (χ2v) is 6.14. The summed E-state index contributed by atoms with van der Waals surface area (Å²) in [6.07, 6.45) is 6.64. The summed E-state index contributed by atoms with van der Waals surface area (Å²) in [6.45, 7) is 3.73. The van der Waals surface area contributed by atoms with Crippen molar-refractivity contribution in [1.29, 1.82) is 0 Å². The molecule has 1 aromatic heterocycles. The molecule has 0 bridgehead atoms. The molecule has 1 aliphatic rings. The number of aromatic nitrogens is 2. The van der Waals surface area contributed by atoms with Gasteiger partial charge in [0.15, 0.2) is 0 Å². The number of nitrogens with zero attached hydrogens (tertiary/aromatic N) is 3. The van der Waals surface area contributed by atoms with Gasteiger partial charge in [-0.3, -0.25) is 0 Å². The van der Waals surface area contributed by atoms with Gasteiger partial charge in [0.2, 0.25) is 0 Å². The van der Waals surface area contributed by atoms with E-state index in [1.165, 1.54) is 0 Å². The van der Waals surface area contributed by atoms with Crippen LogP contribution >= 0.6 is 0 Å². The van der Waals surface area contributed by atoms with Crippen LogP contribution in [0.4, 0.5) is 16.2 Å². The van der Waals surface area contributed by atoms with Crippen molar-refractivity contribution in [3.63, 3.8) is 0 Å². The molecule has 1 atom stereocenters. The van der Waals surface area contributed by atoms with Crippen LogP contribution in [0.2, 0.25) is 0 Å². The fraction of sp³-hybridized carbons (Fsp3) is 0.444. The first-order valence-electron chi connectivity index (χ1n) is 8.57. The Hall–Kier alpha value is -2.50. The molecule has 1 aromatic carbocycles. The average Bonchev–Trinajstić information content (AvgIpc) is 3.16. The van der Waals surface area contributed by atoms with E-state index < -0.39 is 0 Å². The molecule has 1 saturated heterocycles. The number of likely N-dealkylation sites (tertiary alicyclic amines) is 1. The van der Waals surface area contributed by atoms with Crippen LogP contribution in [0, 0.1) is 0 Å². The highest BCUT2D eigenvalue weighted by atomic mass is 16.2. The van der Waals surface area contributed by atoms with Crippen molar-refractivity contribution < 1.29 is 4.79 Å². The summed E-state index contributed by atoms with van der Waals surface area (Å²) in [5.41, 5.74) is 1.87. The van der Waals surface area contributed by atoms with Crippen molar-refractivity contribution in [1.82, 2.24) is 14.9 Å². The Morgan fingerprint density at radius 1 is 1.42 bits per heavy atom. The number of imidazole rings is 1. The number of aromatic amines is 1.